The number of hydrazine groups is 1. The molecule has 1 aromatic carbocycles. The molecule has 2 aromatic rings. The van der Waals surface area contributed by atoms with Gasteiger partial charge >= 0.3 is 5.97 Å². The Hall–Kier alpha value is -2.87. The summed E-state index contributed by atoms with van der Waals surface area (Å²) in [6.45, 7) is 5.73. The number of hydrazone groups is 1. The zero-order valence-electron chi connectivity index (χ0n) is 14.7. The summed E-state index contributed by atoms with van der Waals surface area (Å²) in [6, 6.07) is 8.39. The van der Waals surface area contributed by atoms with Crippen molar-refractivity contribution < 1.29 is 9.90 Å². The van der Waals surface area contributed by atoms with Gasteiger partial charge in [0, 0.05) is 18.2 Å². The molecule has 0 aliphatic heterocycles. The van der Waals surface area contributed by atoms with Crippen LogP contribution < -0.4 is 17.1 Å². The van der Waals surface area contributed by atoms with Gasteiger partial charge in [0.15, 0.2) is 0 Å². The Kier molecular flexibility index (Phi) is 8.14. The predicted octanol–water partition coefficient (Wildman–Crippen LogP) is 1.85. The molecule has 1 unspecified atom stereocenters. The first-order valence-electron chi connectivity index (χ1n) is 7.91. The zero-order valence-corrected chi connectivity index (χ0v) is 14.7. The molecular weight excluding hydrogens is 320 g/mol. The summed E-state index contributed by atoms with van der Waals surface area (Å²) in [5.41, 5.74) is 5.87. The summed E-state index contributed by atoms with van der Waals surface area (Å²) in [7, 11) is 0. The number of carboxylic acids is 1. The van der Waals surface area contributed by atoms with E-state index in [1.807, 2.05) is 26.2 Å². The second-order valence-electron chi connectivity index (χ2n) is 5.97. The van der Waals surface area contributed by atoms with E-state index in [0.29, 0.717) is 5.84 Å². The number of aromatic amines is 1. The molecule has 0 amide bonds. The third-order valence-electron chi connectivity index (χ3n) is 3.74. The lowest BCUT2D eigenvalue weighted by atomic mass is 9.92. The summed E-state index contributed by atoms with van der Waals surface area (Å²) in [5, 5.41) is 18.8. The Labute approximate surface area is 147 Å². The van der Waals surface area contributed by atoms with E-state index >= 15 is 0 Å². The topological polar surface area (TPSA) is 142 Å². The molecule has 0 saturated carbocycles. The molecular formula is C17H26N6O2. The molecule has 136 valence electrons. The fourth-order valence-electron chi connectivity index (χ4n) is 2.12. The largest absolute Gasteiger partial charge is 0.481 e. The summed E-state index contributed by atoms with van der Waals surface area (Å²) in [4.78, 5) is 10.7. The minimum absolute atomic E-state index is 0.0163. The highest BCUT2D eigenvalue weighted by atomic mass is 16.4. The minimum Gasteiger partial charge on any atom is -0.481 e. The Bertz CT molecular complexity index is 665. The second-order valence-corrected chi connectivity index (χ2v) is 5.97. The van der Waals surface area contributed by atoms with Gasteiger partial charge in [-0.05, 0) is 18.4 Å². The molecule has 8 heteroatoms. The van der Waals surface area contributed by atoms with Crippen LogP contribution in [-0.4, -0.2) is 27.1 Å². The molecule has 8 nitrogen and oxygen atoms in total. The maximum Gasteiger partial charge on any atom is 0.307 e. The lowest BCUT2D eigenvalue weighted by Gasteiger charge is -2.16. The van der Waals surface area contributed by atoms with Gasteiger partial charge in [0.05, 0.1) is 12.1 Å². The van der Waals surface area contributed by atoms with Crippen molar-refractivity contribution in [2.24, 2.45) is 28.6 Å². The van der Waals surface area contributed by atoms with Gasteiger partial charge in [-0.2, -0.15) is 10.2 Å². The molecule has 0 fully saturated rings. The zero-order chi connectivity index (χ0) is 18.8. The highest BCUT2D eigenvalue weighted by Crippen LogP contribution is 2.17. The summed E-state index contributed by atoms with van der Waals surface area (Å²) in [6.07, 6.45) is 3.94. The summed E-state index contributed by atoms with van der Waals surface area (Å²) in [5.74, 6) is 8.99. The number of nitrogens with zero attached hydrogens (tertiary/aromatic N) is 2. The van der Waals surface area contributed by atoms with Crippen LogP contribution in [0.15, 0.2) is 41.8 Å². The number of nitrogens with one attached hydrogen (secondary N) is 2. The van der Waals surface area contributed by atoms with Crippen molar-refractivity contribution >= 4 is 11.8 Å². The SMILES string of the molecule is CC(C)C(C/C(=N/N)NN)C(=O)O.Cc1ccc(-c2cn[nH]c2)cc1. The number of aromatic nitrogens is 2. The number of carboxylic acid groups (broad SMARTS) is 1. The Morgan fingerprint density at radius 3 is 2.36 bits per heavy atom. The molecule has 0 radical (unpaired) electrons. The lowest BCUT2D eigenvalue weighted by molar-refractivity contribution is -0.142. The van der Waals surface area contributed by atoms with E-state index in [9.17, 15) is 4.79 Å². The van der Waals surface area contributed by atoms with E-state index in [2.05, 4.69) is 51.9 Å². The van der Waals surface area contributed by atoms with Crippen LogP contribution in [0.3, 0.4) is 0 Å². The third-order valence-corrected chi connectivity index (χ3v) is 3.74. The van der Waals surface area contributed by atoms with Crippen molar-refractivity contribution in [3.8, 4) is 11.1 Å². The van der Waals surface area contributed by atoms with Gasteiger partial charge in [-0.1, -0.05) is 43.7 Å². The van der Waals surface area contributed by atoms with E-state index in [4.69, 9.17) is 16.8 Å². The van der Waals surface area contributed by atoms with Gasteiger partial charge in [0.2, 0.25) is 0 Å². The van der Waals surface area contributed by atoms with Crippen molar-refractivity contribution in [1.82, 2.24) is 15.6 Å². The highest BCUT2D eigenvalue weighted by Gasteiger charge is 2.23. The van der Waals surface area contributed by atoms with E-state index < -0.39 is 11.9 Å². The number of hydrogen-bond acceptors (Lipinski definition) is 5. The van der Waals surface area contributed by atoms with Gasteiger partial charge in [-0.25, -0.2) is 5.84 Å². The first kappa shape index (κ1) is 20.2. The van der Waals surface area contributed by atoms with E-state index in [1.165, 1.54) is 11.1 Å². The second kappa shape index (κ2) is 10.1. The summed E-state index contributed by atoms with van der Waals surface area (Å²) >= 11 is 0. The fraction of sp³-hybridized carbons (Fsp3) is 0.353. The molecule has 25 heavy (non-hydrogen) atoms. The maximum atomic E-state index is 10.7. The van der Waals surface area contributed by atoms with Gasteiger partial charge in [0.1, 0.15) is 5.84 Å². The molecule has 0 saturated heterocycles. The van der Waals surface area contributed by atoms with Crippen LogP contribution in [0.2, 0.25) is 0 Å². The van der Waals surface area contributed by atoms with Crippen LogP contribution >= 0.6 is 0 Å². The van der Waals surface area contributed by atoms with Crippen LogP contribution in [0.1, 0.15) is 25.8 Å². The number of benzene rings is 1. The van der Waals surface area contributed by atoms with Crippen LogP contribution in [-0.2, 0) is 4.79 Å². The van der Waals surface area contributed by atoms with Crippen LogP contribution in [0.4, 0.5) is 0 Å². The number of hydrogen-bond donors (Lipinski definition) is 5. The Morgan fingerprint density at radius 2 is 1.96 bits per heavy atom. The number of carbonyl (C=O) groups is 1. The third kappa shape index (κ3) is 6.64. The van der Waals surface area contributed by atoms with Crippen LogP contribution in [0.5, 0.6) is 0 Å². The average Bonchev–Trinajstić information content (AvgIpc) is 3.11. The normalized spacial score (nSPS) is 12.3. The van der Waals surface area contributed by atoms with Crippen molar-refractivity contribution in [1.29, 1.82) is 0 Å². The van der Waals surface area contributed by atoms with Gasteiger partial charge in [-0.15, -0.1) is 0 Å². The number of rotatable bonds is 5. The molecule has 1 atom stereocenters. The molecule has 0 spiro atoms. The minimum atomic E-state index is -0.869. The molecule has 1 heterocycles. The Morgan fingerprint density at radius 1 is 1.32 bits per heavy atom. The molecule has 2 rings (SSSR count). The van der Waals surface area contributed by atoms with E-state index in [0.717, 1.165) is 5.56 Å². The summed E-state index contributed by atoms with van der Waals surface area (Å²) < 4.78 is 0. The van der Waals surface area contributed by atoms with Crippen molar-refractivity contribution in [2.45, 2.75) is 27.2 Å². The van der Waals surface area contributed by atoms with Crippen LogP contribution in [0.25, 0.3) is 11.1 Å². The smallest absolute Gasteiger partial charge is 0.307 e. The molecule has 0 bridgehead atoms. The van der Waals surface area contributed by atoms with Crippen molar-refractivity contribution in [3.63, 3.8) is 0 Å². The van der Waals surface area contributed by atoms with Gasteiger partial charge in [0.25, 0.3) is 0 Å². The quantitative estimate of drug-likeness (QED) is 0.242. The number of aliphatic carboxylic acids is 1. The Balaban J connectivity index is 0.000000250. The maximum absolute atomic E-state index is 10.7. The molecule has 7 N–H and O–H groups in total. The molecule has 1 aromatic heterocycles. The lowest BCUT2D eigenvalue weighted by Crippen LogP contribution is -2.35. The predicted molar refractivity (Wildman–Crippen MR) is 98.3 cm³/mol. The fourth-order valence-corrected chi connectivity index (χ4v) is 2.12. The van der Waals surface area contributed by atoms with E-state index in [-0.39, 0.29) is 12.3 Å². The number of nitrogens with two attached hydrogens (primary N) is 2. The number of H-pyrrole nitrogens is 1. The first-order valence-corrected chi connectivity index (χ1v) is 7.91. The monoisotopic (exact) mass is 346 g/mol. The highest BCUT2D eigenvalue weighted by molar-refractivity contribution is 5.85. The molecule has 0 aliphatic carbocycles. The van der Waals surface area contributed by atoms with Gasteiger partial charge in [-0.3, -0.25) is 9.89 Å². The number of amidine groups is 1. The van der Waals surface area contributed by atoms with Gasteiger partial charge < -0.3 is 16.4 Å². The van der Waals surface area contributed by atoms with E-state index in [1.54, 1.807) is 0 Å². The van der Waals surface area contributed by atoms with Crippen molar-refractivity contribution in [2.75, 3.05) is 0 Å². The first-order chi connectivity index (χ1) is 11.9. The average molecular weight is 346 g/mol. The van der Waals surface area contributed by atoms with Crippen molar-refractivity contribution in [3.05, 3.63) is 42.2 Å². The standard InChI is InChI=1S/C10H10N2.C7H16N4O2/c1-8-2-4-9(5-3-8)10-6-11-12-7-10;1-4(2)5(7(12)13)3-6(10-8)11-9/h2-7H,1H3,(H,11,12);4-5H,3,8-9H2,1-2H3,(H,10,11)(H,12,13). The number of aryl methyl sites for hydroxylation is 1. The molecule has 0 aliphatic rings. The van der Waals surface area contributed by atoms with Crippen LogP contribution in [0, 0.1) is 18.8 Å².